The summed E-state index contributed by atoms with van der Waals surface area (Å²) in [5.41, 5.74) is 0.481. The van der Waals surface area contributed by atoms with E-state index in [4.69, 9.17) is 4.74 Å². The van der Waals surface area contributed by atoms with Gasteiger partial charge in [-0.1, -0.05) is 13.5 Å². The molecule has 1 saturated heterocycles. The summed E-state index contributed by atoms with van der Waals surface area (Å²) in [4.78, 5) is 13.4. The molecule has 0 aromatic heterocycles. The Morgan fingerprint density at radius 3 is 2.85 bits per heavy atom. The Morgan fingerprint density at radius 1 is 1.69 bits per heavy atom. The number of rotatable bonds is 3. The second-order valence-electron chi connectivity index (χ2n) is 3.49. The van der Waals surface area contributed by atoms with Crippen molar-refractivity contribution >= 4 is 5.97 Å². The third-order valence-corrected chi connectivity index (χ3v) is 2.30. The minimum Gasteiger partial charge on any atom is -0.458 e. The summed E-state index contributed by atoms with van der Waals surface area (Å²) in [5, 5.41) is 0. The second kappa shape index (κ2) is 4.42. The van der Waals surface area contributed by atoms with E-state index in [2.05, 4.69) is 18.4 Å². The summed E-state index contributed by atoms with van der Waals surface area (Å²) >= 11 is 0. The summed E-state index contributed by atoms with van der Waals surface area (Å²) in [6.45, 7) is 10.3. The summed E-state index contributed by atoms with van der Waals surface area (Å²) < 4.78 is 5.22. The van der Waals surface area contributed by atoms with Crippen molar-refractivity contribution in [2.24, 2.45) is 0 Å². The van der Waals surface area contributed by atoms with Crippen LogP contribution in [0.3, 0.4) is 0 Å². The third-order valence-electron chi connectivity index (χ3n) is 2.30. The molecule has 0 spiro atoms. The molecule has 3 heteroatoms. The van der Waals surface area contributed by atoms with Gasteiger partial charge >= 0.3 is 5.97 Å². The number of hydrogen-bond donors (Lipinski definition) is 0. The standard InChI is InChI=1S/C10H17NO2/c1-4-11-6-5-9(7-11)13-10(12)8(2)3/h9H,2,4-7H2,1,3H3. The Balaban J connectivity index is 2.32. The zero-order chi connectivity index (χ0) is 9.84. The van der Waals surface area contributed by atoms with E-state index in [1.54, 1.807) is 6.92 Å². The van der Waals surface area contributed by atoms with E-state index < -0.39 is 0 Å². The van der Waals surface area contributed by atoms with Gasteiger partial charge in [-0.3, -0.25) is 4.90 Å². The lowest BCUT2D eigenvalue weighted by Crippen LogP contribution is -2.24. The van der Waals surface area contributed by atoms with Gasteiger partial charge in [0, 0.05) is 18.7 Å². The molecule has 74 valence electrons. The molecule has 0 saturated carbocycles. The van der Waals surface area contributed by atoms with Crippen molar-refractivity contribution in [3.05, 3.63) is 12.2 Å². The van der Waals surface area contributed by atoms with Crippen LogP contribution in [0.25, 0.3) is 0 Å². The van der Waals surface area contributed by atoms with Crippen LogP contribution < -0.4 is 0 Å². The average Bonchev–Trinajstić information content (AvgIpc) is 2.52. The monoisotopic (exact) mass is 183 g/mol. The fourth-order valence-corrected chi connectivity index (χ4v) is 1.43. The van der Waals surface area contributed by atoms with Gasteiger partial charge in [-0.05, 0) is 19.9 Å². The number of ether oxygens (including phenoxy) is 1. The smallest absolute Gasteiger partial charge is 0.333 e. The fraction of sp³-hybridized carbons (Fsp3) is 0.700. The zero-order valence-corrected chi connectivity index (χ0v) is 8.38. The van der Waals surface area contributed by atoms with E-state index in [0.717, 1.165) is 26.1 Å². The maximum Gasteiger partial charge on any atom is 0.333 e. The molecule has 1 aliphatic rings. The summed E-state index contributed by atoms with van der Waals surface area (Å²) in [5.74, 6) is -0.261. The third kappa shape index (κ3) is 2.84. The van der Waals surface area contributed by atoms with Gasteiger partial charge in [0.05, 0.1) is 0 Å². The van der Waals surface area contributed by atoms with Gasteiger partial charge in [-0.25, -0.2) is 4.79 Å². The first-order valence-corrected chi connectivity index (χ1v) is 4.72. The van der Waals surface area contributed by atoms with Crippen molar-refractivity contribution in [2.75, 3.05) is 19.6 Å². The average molecular weight is 183 g/mol. The first kappa shape index (κ1) is 10.3. The van der Waals surface area contributed by atoms with Crippen LogP contribution in [0.1, 0.15) is 20.3 Å². The lowest BCUT2D eigenvalue weighted by molar-refractivity contribution is -0.143. The van der Waals surface area contributed by atoms with Gasteiger partial charge in [-0.2, -0.15) is 0 Å². The zero-order valence-electron chi connectivity index (χ0n) is 8.38. The number of likely N-dealkylation sites (N-methyl/N-ethyl adjacent to an activating group) is 1. The van der Waals surface area contributed by atoms with Gasteiger partial charge in [-0.15, -0.1) is 0 Å². The highest BCUT2D eigenvalue weighted by molar-refractivity contribution is 5.87. The van der Waals surface area contributed by atoms with E-state index in [1.807, 2.05) is 0 Å². The molecule has 0 amide bonds. The Kier molecular flexibility index (Phi) is 3.48. The van der Waals surface area contributed by atoms with E-state index in [-0.39, 0.29) is 12.1 Å². The maximum absolute atomic E-state index is 11.2. The topological polar surface area (TPSA) is 29.5 Å². The van der Waals surface area contributed by atoms with E-state index in [1.165, 1.54) is 0 Å². The van der Waals surface area contributed by atoms with Crippen LogP contribution in [0.2, 0.25) is 0 Å². The van der Waals surface area contributed by atoms with Crippen LogP contribution in [0.4, 0.5) is 0 Å². The second-order valence-corrected chi connectivity index (χ2v) is 3.49. The molecule has 13 heavy (non-hydrogen) atoms. The molecule has 0 aromatic rings. The number of esters is 1. The molecule has 1 fully saturated rings. The molecule has 3 nitrogen and oxygen atoms in total. The van der Waals surface area contributed by atoms with Gasteiger partial charge in [0.15, 0.2) is 0 Å². The summed E-state index contributed by atoms with van der Waals surface area (Å²) in [7, 11) is 0. The molecule has 0 N–H and O–H groups in total. The Hall–Kier alpha value is -0.830. The van der Waals surface area contributed by atoms with Crippen LogP contribution >= 0.6 is 0 Å². The molecule has 1 heterocycles. The first-order chi connectivity index (χ1) is 6.13. The van der Waals surface area contributed by atoms with Crippen LogP contribution in [-0.2, 0) is 9.53 Å². The van der Waals surface area contributed by atoms with Gasteiger partial charge in [0.2, 0.25) is 0 Å². The van der Waals surface area contributed by atoms with E-state index >= 15 is 0 Å². The Bertz CT molecular complexity index is 213. The van der Waals surface area contributed by atoms with E-state index in [9.17, 15) is 4.79 Å². The molecule has 0 bridgehead atoms. The molecule has 0 aliphatic carbocycles. The van der Waals surface area contributed by atoms with Gasteiger partial charge in [0.25, 0.3) is 0 Å². The van der Waals surface area contributed by atoms with Crippen LogP contribution in [0.15, 0.2) is 12.2 Å². The Labute approximate surface area is 79.4 Å². The lowest BCUT2D eigenvalue weighted by atomic mass is 10.3. The quantitative estimate of drug-likeness (QED) is 0.486. The summed E-state index contributed by atoms with van der Waals surface area (Å²) in [6, 6.07) is 0. The SMILES string of the molecule is C=C(C)C(=O)OC1CCN(CC)C1. The normalized spacial score (nSPS) is 23.1. The minimum absolute atomic E-state index is 0.0733. The molecular formula is C10H17NO2. The van der Waals surface area contributed by atoms with Crippen molar-refractivity contribution in [2.45, 2.75) is 26.4 Å². The predicted molar refractivity (Wildman–Crippen MR) is 51.4 cm³/mol. The molecule has 1 aliphatic heterocycles. The lowest BCUT2D eigenvalue weighted by Gasteiger charge is -2.13. The number of likely N-dealkylation sites (tertiary alicyclic amines) is 1. The molecule has 0 radical (unpaired) electrons. The van der Waals surface area contributed by atoms with Gasteiger partial charge < -0.3 is 4.74 Å². The van der Waals surface area contributed by atoms with Crippen molar-refractivity contribution in [1.29, 1.82) is 0 Å². The van der Waals surface area contributed by atoms with E-state index in [0.29, 0.717) is 5.57 Å². The fourth-order valence-electron chi connectivity index (χ4n) is 1.43. The minimum atomic E-state index is -0.261. The largest absolute Gasteiger partial charge is 0.458 e. The van der Waals surface area contributed by atoms with Crippen molar-refractivity contribution < 1.29 is 9.53 Å². The van der Waals surface area contributed by atoms with Crippen LogP contribution in [0, 0.1) is 0 Å². The maximum atomic E-state index is 11.2. The first-order valence-electron chi connectivity index (χ1n) is 4.72. The highest BCUT2D eigenvalue weighted by Gasteiger charge is 2.24. The molecule has 0 aromatic carbocycles. The van der Waals surface area contributed by atoms with Crippen LogP contribution in [0.5, 0.6) is 0 Å². The predicted octanol–water partition coefficient (Wildman–Crippen LogP) is 1.20. The summed E-state index contributed by atoms with van der Waals surface area (Å²) in [6.07, 6.45) is 1.02. The van der Waals surface area contributed by atoms with Gasteiger partial charge in [0.1, 0.15) is 6.10 Å². The van der Waals surface area contributed by atoms with Crippen molar-refractivity contribution in [3.63, 3.8) is 0 Å². The number of carbonyl (C=O) groups is 1. The van der Waals surface area contributed by atoms with Crippen LogP contribution in [-0.4, -0.2) is 36.6 Å². The highest BCUT2D eigenvalue weighted by Crippen LogP contribution is 2.13. The molecule has 1 unspecified atom stereocenters. The highest BCUT2D eigenvalue weighted by atomic mass is 16.5. The number of hydrogen-bond acceptors (Lipinski definition) is 3. The molecule has 1 atom stereocenters. The van der Waals surface area contributed by atoms with Crippen molar-refractivity contribution in [1.82, 2.24) is 4.90 Å². The number of carbonyl (C=O) groups excluding carboxylic acids is 1. The number of nitrogens with zero attached hydrogens (tertiary/aromatic N) is 1. The van der Waals surface area contributed by atoms with Crippen molar-refractivity contribution in [3.8, 4) is 0 Å². The Morgan fingerprint density at radius 2 is 2.38 bits per heavy atom. The molecule has 1 rings (SSSR count). The molecular weight excluding hydrogens is 166 g/mol.